The highest BCUT2D eigenvalue weighted by Crippen LogP contribution is 2.32. The van der Waals surface area contributed by atoms with Gasteiger partial charge < -0.3 is 5.32 Å². The van der Waals surface area contributed by atoms with Crippen molar-refractivity contribution < 1.29 is 0 Å². The summed E-state index contributed by atoms with van der Waals surface area (Å²) in [6.07, 6.45) is 7.31. The molecule has 106 valence electrons. The first-order valence-electron chi connectivity index (χ1n) is 7.85. The molecule has 2 atom stereocenters. The SMILES string of the molecule is CNC1(C#N)CCCC(N2CCN(C3CC3)CC2)C1. The number of nitrogens with one attached hydrogen (secondary N) is 1. The monoisotopic (exact) mass is 262 g/mol. The van der Waals surface area contributed by atoms with Gasteiger partial charge in [0.25, 0.3) is 0 Å². The number of nitrogens with zero attached hydrogens (tertiary/aromatic N) is 3. The summed E-state index contributed by atoms with van der Waals surface area (Å²) in [5, 5.41) is 12.7. The zero-order chi connectivity index (χ0) is 13.3. The molecular formula is C15H26N4. The summed E-state index contributed by atoms with van der Waals surface area (Å²) in [6, 6.07) is 4.04. The van der Waals surface area contributed by atoms with Gasteiger partial charge in [0.15, 0.2) is 0 Å². The molecule has 0 bridgehead atoms. The van der Waals surface area contributed by atoms with Crippen molar-refractivity contribution >= 4 is 0 Å². The van der Waals surface area contributed by atoms with Gasteiger partial charge in [-0.1, -0.05) is 0 Å². The van der Waals surface area contributed by atoms with Gasteiger partial charge >= 0.3 is 0 Å². The van der Waals surface area contributed by atoms with E-state index in [1.54, 1.807) is 0 Å². The maximum Gasteiger partial charge on any atom is 0.108 e. The Morgan fingerprint density at radius 3 is 2.21 bits per heavy atom. The summed E-state index contributed by atoms with van der Waals surface area (Å²) in [5.41, 5.74) is -0.267. The molecule has 0 aromatic rings. The molecule has 3 aliphatic rings. The Balaban J connectivity index is 1.56. The molecule has 2 unspecified atom stereocenters. The van der Waals surface area contributed by atoms with Crippen LogP contribution in [0.2, 0.25) is 0 Å². The molecule has 0 aromatic carbocycles. The second-order valence-corrected chi connectivity index (χ2v) is 6.50. The Morgan fingerprint density at radius 2 is 1.68 bits per heavy atom. The van der Waals surface area contributed by atoms with Gasteiger partial charge in [0.1, 0.15) is 5.54 Å². The Hall–Kier alpha value is -0.630. The second kappa shape index (κ2) is 5.40. The maximum absolute atomic E-state index is 9.44. The molecular weight excluding hydrogens is 236 g/mol. The lowest BCUT2D eigenvalue weighted by atomic mass is 9.79. The molecule has 0 spiro atoms. The van der Waals surface area contributed by atoms with Crippen LogP contribution >= 0.6 is 0 Å². The Bertz CT molecular complexity index is 352. The van der Waals surface area contributed by atoms with E-state index in [0.29, 0.717) is 6.04 Å². The van der Waals surface area contributed by atoms with Crippen molar-refractivity contribution in [3.05, 3.63) is 0 Å². The molecule has 4 heteroatoms. The fraction of sp³-hybridized carbons (Fsp3) is 0.933. The zero-order valence-electron chi connectivity index (χ0n) is 12.1. The smallest absolute Gasteiger partial charge is 0.108 e. The average Bonchev–Trinajstić information content (AvgIpc) is 3.32. The standard InChI is InChI=1S/C15H26N4/c1-17-15(12-16)6-2-3-14(11-15)19-9-7-18(8-10-19)13-4-5-13/h13-14,17H,2-11H2,1H3. The van der Waals surface area contributed by atoms with Gasteiger partial charge in [-0.25, -0.2) is 0 Å². The van der Waals surface area contributed by atoms with Crippen molar-refractivity contribution in [1.82, 2.24) is 15.1 Å². The summed E-state index contributed by atoms with van der Waals surface area (Å²) < 4.78 is 0. The fourth-order valence-electron chi connectivity index (χ4n) is 3.85. The van der Waals surface area contributed by atoms with Crippen molar-refractivity contribution in [1.29, 1.82) is 5.26 Å². The highest BCUT2D eigenvalue weighted by atomic mass is 15.3. The van der Waals surface area contributed by atoms with E-state index >= 15 is 0 Å². The van der Waals surface area contributed by atoms with Crippen molar-refractivity contribution in [3.63, 3.8) is 0 Å². The van der Waals surface area contributed by atoms with E-state index in [4.69, 9.17) is 0 Å². The van der Waals surface area contributed by atoms with Crippen LogP contribution in [0.5, 0.6) is 0 Å². The van der Waals surface area contributed by atoms with Gasteiger partial charge in [0, 0.05) is 38.3 Å². The summed E-state index contributed by atoms with van der Waals surface area (Å²) >= 11 is 0. The maximum atomic E-state index is 9.44. The molecule has 4 nitrogen and oxygen atoms in total. The van der Waals surface area contributed by atoms with Crippen LogP contribution in [0.1, 0.15) is 38.5 Å². The molecule has 1 aliphatic heterocycles. The van der Waals surface area contributed by atoms with Gasteiger partial charge in [0.2, 0.25) is 0 Å². The number of hydrogen-bond acceptors (Lipinski definition) is 4. The molecule has 0 amide bonds. The van der Waals surface area contributed by atoms with Crippen LogP contribution in [0.4, 0.5) is 0 Å². The third-order valence-corrected chi connectivity index (χ3v) is 5.35. The van der Waals surface area contributed by atoms with Crippen LogP contribution in [0.25, 0.3) is 0 Å². The van der Waals surface area contributed by atoms with E-state index in [1.165, 1.54) is 51.9 Å². The molecule has 3 fully saturated rings. The predicted molar refractivity (Wildman–Crippen MR) is 75.8 cm³/mol. The van der Waals surface area contributed by atoms with Crippen molar-refractivity contribution in [2.24, 2.45) is 0 Å². The minimum Gasteiger partial charge on any atom is -0.302 e. The molecule has 1 saturated heterocycles. The molecule has 0 radical (unpaired) electrons. The highest BCUT2D eigenvalue weighted by molar-refractivity contribution is 5.10. The molecule has 3 rings (SSSR count). The van der Waals surface area contributed by atoms with Crippen LogP contribution in [-0.4, -0.2) is 60.6 Å². The number of nitriles is 1. The van der Waals surface area contributed by atoms with Crippen LogP contribution < -0.4 is 5.32 Å². The first-order chi connectivity index (χ1) is 9.26. The van der Waals surface area contributed by atoms with Crippen LogP contribution in [0, 0.1) is 11.3 Å². The molecule has 1 N–H and O–H groups in total. The largest absolute Gasteiger partial charge is 0.302 e. The van der Waals surface area contributed by atoms with Gasteiger partial charge in [0.05, 0.1) is 6.07 Å². The van der Waals surface area contributed by atoms with E-state index in [2.05, 4.69) is 21.2 Å². The minimum atomic E-state index is -0.267. The summed E-state index contributed by atoms with van der Waals surface area (Å²) in [6.45, 7) is 4.87. The van der Waals surface area contributed by atoms with E-state index in [0.717, 1.165) is 18.9 Å². The second-order valence-electron chi connectivity index (χ2n) is 6.50. The molecule has 2 aliphatic carbocycles. The van der Waals surface area contributed by atoms with Gasteiger partial charge in [-0.2, -0.15) is 5.26 Å². The van der Waals surface area contributed by atoms with Crippen molar-refractivity contribution in [3.8, 4) is 6.07 Å². The highest BCUT2D eigenvalue weighted by Gasteiger charge is 2.39. The lowest BCUT2D eigenvalue weighted by Crippen LogP contribution is -2.56. The summed E-state index contributed by atoms with van der Waals surface area (Å²) in [7, 11) is 1.94. The molecule has 19 heavy (non-hydrogen) atoms. The van der Waals surface area contributed by atoms with E-state index < -0.39 is 0 Å². The first-order valence-corrected chi connectivity index (χ1v) is 7.85. The molecule has 2 saturated carbocycles. The lowest BCUT2D eigenvalue weighted by Gasteiger charge is -2.44. The third-order valence-electron chi connectivity index (χ3n) is 5.35. The van der Waals surface area contributed by atoms with Crippen LogP contribution in [0.15, 0.2) is 0 Å². The Kier molecular flexibility index (Phi) is 3.79. The van der Waals surface area contributed by atoms with E-state index in [9.17, 15) is 5.26 Å². The van der Waals surface area contributed by atoms with Gasteiger partial charge in [-0.3, -0.25) is 9.80 Å². The first kappa shape index (κ1) is 13.4. The Morgan fingerprint density at radius 1 is 1.05 bits per heavy atom. The third kappa shape index (κ3) is 2.79. The Labute approximate surface area is 116 Å². The van der Waals surface area contributed by atoms with Gasteiger partial charge in [-0.15, -0.1) is 0 Å². The normalized spacial score (nSPS) is 38.0. The summed E-state index contributed by atoms with van der Waals surface area (Å²) in [5.74, 6) is 0. The molecule has 1 heterocycles. The number of piperazine rings is 1. The lowest BCUT2D eigenvalue weighted by molar-refractivity contribution is 0.0609. The van der Waals surface area contributed by atoms with Gasteiger partial charge in [-0.05, 0) is 45.6 Å². The van der Waals surface area contributed by atoms with E-state index in [-0.39, 0.29) is 5.54 Å². The topological polar surface area (TPSA) is 42.3 Å². The van der Waals surface area contributed by atoms with E-state index in [1.807, 2.05) is 7.05 Å². The fourth-order valence-corrected chi connectivity index (χ4v) is 3.85. The minimum absolute atomic E-state index is 0.267. The predicted octanol–water partition coefficient (Wildman–Crippen LogP) is 1.19. The number of hydrogen-bond donors (Lipinski definition) is 1. The average molecular weight is 262 g/mol. The van der Waals surface area contributed by atoms with Crippen LogP contribution in [0.3, 0.4) is 0 Å². The quantitative estimate of drug-likeness (QED) is 0.829. The van der Waals surface area contributed by atoms with Crippen molar-refractivity contribution in [2.75, 3.05) is 33.2 Å². The number of rotatable bonds is 3. The van der Waals surface area contributed by atoms with Crippen molar-refractivity contribution in [2.45, 2.75) is 56.1 Å². The summed E-state index contributed by atoms with van der Waals surface area (Å²) in [4.78, 5) is 5.30. The zero-order valence-corrected chi connectivity index (χ0v) is 12.1. The van der Waals surface area contributed by atoms with Crippen LogP contribution in [-0.2, 0) is 0 Å². The molecule has 0 aromatic heterocycles.